The molecule has 1 N–H and O–H groups in total. The third-order valence-corrected chi connectivity index (χ3v) is 4.20. The monoisotopic (exact) mass is 404 g/mol. The zero-order valence-corrected chi connectivity index (χ0v) is 17.2. The molecule has 1 heterocycles. The lowest BCUT2D eigenvalue weighted by atomic mass is 10.1. The summed E-state index contributed by atoms with van der Waals surface area (Å²) in [5.41, 5.74) is 0. The van der Waals surface area contributed by atoms with Crippen LogP contribution in [-0.4, -0.2) is 29.0 Å². The fourth-order valence-corrected chi connectivity index (χ4v) is 2.82. The van der Waals surface area contributed by atoms with Gasteiger partial charge in [-0.05, 0) is 6.42 Å². The molecule has 0 saturated heterocycles. The topological polar surface area (TPSA) is 38.3 Å². The van der Waals surface area contributed by atoms with E-state index >= 15 is 0 Å². The lowest BCUT2D eigenvalue weighted by molar-refractivity contribution is -0.671. The molecule has 0 fully saturated rings. The number of imidazole rings is 1. The molecule has 1 rings (SSSR count). The van der Waals surface area contributed by atoms with Crippen LogP contribution < -0.4 is 21.5 Å². The van der Waals surface area contributed by atoms with Crippen LogP contribution in [0.2, 0.25) is 0 Å². The van der Waals surface area contributed by atoms with Gasteiger partial charge in [-0.1, -0.05) is 64.7 Å². The maximum atomic E-state index is 9.92. The van der Waals surface area contributed by atoms with Crippen molar-refractivity contribution in [2.24, 2.45) is 7.05 Å². The summed E-state index contributed by atoms with van der Waals surface area (Å²) in [6, 6.07) is 0. The van der Waals surface area contributed by atoms with Gasteiger partial charge in [0.25, 0.3) is 0 Å². The van der Waals surface area contributed by atoms with Gasteiger partial charge in [0.05, 0.1) is 13.7 Å². The molecule has 0 amide bonds. The summed E-state index contributed by atoms with van der Waals surface area (Å²) in [5.74, 6) is 0. The Balaban J connectivity index is 0.00000529. The summed E-state index contributed by atoms with van der Waals surface area (Å²) in [6.07, 6.45) is 18.8. The number of nitrogens with zero attached hydrogens (tertiary/aromatic N) is 2. The van der Waals surface area contributed by atoms with Gasteiger partial charge in [0.1, 0.15) is 25.0 Å². The molecule has 0 aliphatic heterocycles. The maximum Gasteiger partial charge on any atom is 0.243 e. The molecule has 1 aromatic heterocycles. The molecule has 0 radical (unpaired) electrons. The molecular formula is C19H37BrN2O2. The molecule has 0 spiro atoms. The lowest BCUT2D eigenvalue weighted by Crippen LogP contribution is -3.00. The second-order valence-electron chi connectivity index (χ2n) is 6.69. The zero-order chi connectivity index (χ0) is 16.8. The van der Waals surface area contributed by atoms with Crippen LogP contribution in [0.4, 0.5) is 0 Å². The van der Waals surface area contributed by atoms with Crippen LogP contribution in [0.5, 0.6) is 0 Å². The predicted octanol–water partition coefficient (Wildman–Crippen LogP) is 0.615. The molecular weight excluding hydrogens is 368 g/mol. The summed E-state index contributed by atoms with van der Waals surface area (Å²) < 4.78 is 9.53. The van der Waals surface area contributed by atoms with Gasteiger partial charge in [-0.25, -0.2) is 9.13 Å². The van der Waals surface area contributed by atoms with Crippen molar-refractivity contribution in [2.45, 2.75) is 83.8 Å². The van der Waals surface area contributed by atoms with Gasteiger partial charge in [-0.2, -0.15) is 0 Å². The summed E-state index contributed by atoms with van der Waals surface area (Å²) in [4.78, 5) is 0. The van der Waals surface area contributed by atoms with Gasteiger partial charge in [0.2, 0.25) is 6.33 Å². The zero-order valence-electron chi connectivity index (χ0n) is 15.6. The molecule has 0 aliphatic carbocycles. The van der Waals surface area contributed by atoms with E-state index in [2.05, 4.69) is 6.92 Å². The number of aryl methyl sites for hydroxylation is 1. The van der Waals surface area contributed by atoms with E-state index in [0.29, 0.717) is 13.2 Å². The van der Waals surface area contributed by atoms with Crippen molar-refractivity contribution < 1.29 is 31.4 Å². The van der Waals surface area contributed by atoms with Crippen molar-refractivity contribution in [3.05, 3.63) is 18.7 Å². The molecule has 0 saturated carbocycles. The van der Waals surface area contributed by atoms with E-state index in [1.807, 2.05) is 34.9 Å². The molecule has 4 nitrogen and oxygen atoms in total. The number of halogens is 1. The first-order valence-corrected chi connectivity index (χ1v) is 9.49. The number of hydrogen-bond acceptors (Lipinski definition) is 2. The van der Waals surface area contributed by atoms with Crippen LogP contribution in [0, 0.1) is 0 Å². The van der Waals surface area contributed by atoms with Crippen molar-refractivity contribution in [1.29, 1.82) is 0 Å². The highest BCUT2D eigenvalue weighted by atomic mass is 79.9. The first-order chi connectivity index (χ1) is 11.2. The first kappa shape index (κ1) is 23.6. The van der Waals surface area contributed by atoms with Crippen LogP contribution in [0.15, 0.2) is 18.7 Å². The van der Waals surface area contributed by atoms with Crippen LogP contribution in [-0.2, 0) is 18.3 Å². The van der Waals surface area contributed by atoms with Crippen LogP contribution in [0.1, 0.15) is 71.1 Å². The fourth-order valence-electron chi connectivity index (χ4n) is 2.82. The van der Waals surface area contributed by atoms with E-state index in [-0.39, 0.29) is 17.0 Å². The van der Waals surface area contributed by atoms with Gasteiger partial charge >= 0.3 is 0 Å². The molecule has 5 heteroatoms. The number of rotatable bonds is 15. The number of unbranched alkanes of at least 4 members (excludes halogenated alkanes) is 9. The maximum absolute atomic E-state index is 9.92. The van der Waals surface area contributed by atoms with Crippen LogP contribution >= 0.6 is 0 Å². The third-order valence-electron chi connectivity index (χ3n) is 4.20. The van der Waals surface area contributed by atoms with Crippen molar-refractivity contribution in [1.82, 2.24) is 4.57 Å². The smallest absolute Gasteiger partial charge is 0.243 e. The number of aromatic nitrogens is 2. The molecule has 0 aromatic carbocycles. The average Bonchev–Trinajstić information content (AvgIpc) is 2.93. The Morgan fingerprint density at radius 2 is 1.58 bits per heavy atom. The third kappa shape index (κ3) is 13.0. The highest BCUT2D eigenvalue weighted by Crippen LogP contribution is 2.10. The summed E-state index contributed by atoms with van der Waals surface area (Å²) in [6.45, 7) is 4.06. The molecule has 1 unspecified atom stereocenters. The van der Waals surface area contributed by atoms with Gasteiger partial charge < -0.3 is 26.8 Å². The highest BCUT2D eigenvalue weighted by Gasteiger charge is 2.09. The van der Waals surface area contributed by atoms with Crippen molar-refractivity contribution >= 4 is 0 Å². The van der Waals surface area contributed by atoms with E-state index in [0.717, 1.165) is 13.0 Å². The van der Waals surface area contributed by atoms with E-state index in [4.69, 9.17) is 4.74 Å². The Bertz CT molecular complexity index is 385. The number of ether oxygens (including phenoxy) is 1. The van der Waals surface area contributed by atoms with E-state index in [9.17, 15) is 5.11 Å². The SMILES string of the molecule is CCCCCCCCCCCCOCC(O)Cn1cc[n+](C)c1.[Br-]. The van der Waals surface area contributed by atoms with Crippen LogP contribution in [0.3, 0.4) is 0 Å². The lowest BCUT2D eigenvalue weighted by Gasteiger charge is -2.09. The molecule has 1 atom stereocenters. The molecule has 1 aromatic rings. The second-order valence-corrected chi connectivity index (χ2v) is 6.69. The molecule has 142 valence electrons. The Kier molecular flexibility index (Phi) is 15.8. The quantitative estimate of drug-likeness (QED) is 0.343. The highest BCUT2D eigenvalue weighted by molar-refractivity contribution is 4.68. The van der Waals surface area contributed by atoms with Crippen molar-refractivity contribution in [3.63, 3.8) is 0 Å². The van der Waals surface area contributed by atoms with Crippen molar-refractivity contribution in [2.75, 3.05) is 13.2 Å². The van der Waals surface area contributed by atoms with Crippen molar-refractivity contribution in [3.8, 4) is 0 Å². The summed E-state index contributed by atoms with van der Waals surface area (Å²) in [7, 11) is 1.98. The molecule has 0 aliphatic rings. The minimum atomic E-state index is -0.425. The summed E-state index contributed by atoms with van der Waals surface area (Å²) >= 11 is 0. The number of aliphatic hydroxyl groups excluding tert-OH is 1. The molecule has 0 bridgehead atoms. The van der Waals surface area contributed by atoms with E-state index in [1.54, 1.807) is 0 Å². The normalized spacial score (nSPS) is 12.1. The summed E-state index contributed by atoms with van der Waals surface area (Å²) in [5, 5.41) is 9.92. The Morgan fingerprint density at radius 1 is 1.00 bits per heavy atom. The Hall–Kier alpha value is -0.390. The van der Waals surface area contributed by atoms with E-state index in [1.165, 1.54) is 57.8 Å². The Morgan fingerprint density at radius 3 is 2.12 bits per heavy atom. The standard InChI is InChI=1S/C19H37N2O2.BrH/c1-3-4-5-6-7-8-9-10-11-12-15-23-17-19(22)16-21-14-13-20(2)18-21;/h13-14,18-19,22H,3-12,15-17H2,1-2H3;1H/q+1;/p-1. The number of aliphatic hydroxyl groups is 1. The average molecular weight is 405 g/mol. The largest absolute Gasteiger partial charge is 1.00 e. The predicted molar refractivity (Wildman–Crippen MR) is 94.3 cm³/mol. The molecule has 24 heavy (non-hydrogen) atoms. The van der Waals surface area contributed by atoms with Gasteiger partial charge in [-0.15, -0.1) is 0 Å². The minimum absolute atomic E-state index is 0. The minimum Gasteiger partial charge on any atom is -1.00 e. The van der Waals surface area contributed by atoms with Gasteiger partial charge in [-0.3, -0.25) is 0 Å². The number of hydrogen-bond donors (Lipinski definition) is 1. The Labute approximate surface area is 159 Å². The fraction of sp³-hybridized carbons (Fsp3) is 0.842. The van der Waals surface area contributed by atoms with Gasteiger partial charge in [0, 0.05) is 6.61 Å². The van der Waals surface area contributed by atoms with Crippen LogP contribution in [0.25, 0.3) is 0 Å². The first-order valence-electron chi connectivity index (χ1n) is 9.49. The van der Waals surface area contributed by atoms with Gasteiger partial charge in [0.15, 0.2) is 0 Å². The van der Waals surface area contributed by atoms with E-state index < -0.39 is 6.10 Å². The second kappa shape index (κ2) is 16.1.